The third-order valence-corrected chi connectivity index (χ3v) is 6.30. The molecule has 17 heteroatoms. The fourth-order valence-corrected chi connectivity index (χ4v) is 4.54. The average molecular weight is 545 g/mol. The molecule has 3 aromatic rings. The first-order chi connectivity index (χ1) is 18.0. The molecule has 0 spiro atoms. The van der Waals surface area contributed by atoms with E-state index in [0.29, 0.717) is 44.1 Å². The molecule has 1 fully saturated rings. The van der Waals surface area contributed by atoms with Crippen LogP contribution in [0.3, 0.4) is 0 Å². The Hall–Kier alpha value is -3.76. The summed E-state index contributed by atoms with van der Waals surface area (Å²) in [6, 6.07) is -0.399. The minimum atomic E-state index is -4.83. The van der Waals surface area contributed by atoms with Gasteiger partial charge in [0.15, 0.2) is 5.82 Å². The van der Waals surface area contributed by atoms with Crippen molar-refractivity contribution in [3.8, 4) is 0 Å². The number of nitrogens with one attached hydrogen (secondary N) is 1. The summed E-state index contributed by atoms with van der Waals surface area (Å²) < 4.78 is 86.1. The van der Waals surface area contributed by atoms with Gasteiger partial charge in [-0.1, -0.05) is 0 Å². The maximum Gasteiger partial charge on any atom is 0.423 e. The second-order valence-corrected chi connectivity index (χ2v) is 8.82. The Balaban J connectivity index is 1.20. The Kier molecular flexibility index (Phi) is 6.70. The molecule has 2 aliphatic rings. The molecular formula is C21H21F6N9O2. The molecule has 3 aromatic heterocycles. The summed E-state index contributed by atoms with van der Waals surface area (Å²) in [5.74, 6) is 1.04. The number of halogens is 6. The number of hydrogen-bond acceptors (Lipinski definition) is 9. The summed E-state index contributed by atoms with van der Waals surface area (Å²) in [5, 5.41) is 9.75. The van der Waals surface area contributed by atoms with Crippen molar-refractivity contribution in [2.75, 3.05) is 29.5 Å². The van der Waals surface area contributed by atoms with Crippen molar-refractivity contribution >= 4 is 11.6 Å². The van der Waals surface area contributed by atoms with Crippen LogP contribution >= 0.6 is 0 Å². The van der Waals surface area contributed by atoms with Gasteiger partial charge in [0, 0.05) is 25.5 Å². The Morgan fingerprint density at radius 1 is 1.03 bits per heavy atom. The van der Waals surface area contributed by atoms with Gasteiger partial charge < -0.3 is 14.5 Å². The molecule has 0 saturated carbocycles. The van der Waals surface area contributed by atoms with Crippen LogP contribution in [0.25, 0.3) is 0 Å². The lowest BCUT2D eigenvalue weighted by Gasteiger charge is -2.28. The van der Waals surface area contributed by atoms with Gasteiger partial charge in [-0.05, 0) is 12.8 Å². The van der Waals surface area contributed by atoms with Crippen molar-refractivity contribution in [1.29, 1.82) is 0 Å². The smallest absolute Gasteiger partial charge is 0.371 e. The third-order valence-electron chi connectivity index (χ3n) is 6.30. The lowest BCUT2D eigenvalue weighted by atomic mass is 10.2. The maximum absolute atomic E-state index is 13.5. The molecule has 0 aromatic carbocycles. The van der Waals surface area contributed by atoms with Gasteiger partial charge in [-0.3, -0.25) is 4.79 Å². The van der Waals surface area contributed by atoms with Crippen LogP contribution in [0.4, 0.5) is 38.0 Å². The zero-order valence-corrected chi connectivity index (χ0v) is 19.6. The molecule has 0 amide bonds. The van der Waals surface area contributed by atoms with E-state index in [9.17, 15) is 31.1 Å². The molecule has 11 nitrogen and oxygen atoms in total. The highest BCUT2D eigenvalue weighted by atomic mass is 19.4. The number of rotatable bonds is 6. The van der Waals surface area contributed by atoms with E-state index in [-0.39, 0.29) is 31.4 Å². The lowest BCUT2D eigenvalue weighted by molar-refractivity contribution is -0.139. The predicted molar refractivity (Wildman–Crippen MR) is 118 cm³/mol. The number of aromatic amines is 1. The van der Waals surface area contributed by atoms with E-state index in [1.54, 1.807) is 9.58 Å². The molecule has 5 rings (SSSR count). The van der Waals surface area contributed by atoms with Crippen molar-refractivity contribution in [2.45, 2.75) is 50.9 Å². The second-order valence-electron chi connectivity index (χ2n) is 8.82. The molecule has 1 atom stereocenters. The molecule has 204 valence electrons. The van der Waals surface area contributed by atoms with Gasteiger partial charge in [0.25, 0.3) is 5.56 Å². The first kappa shape index (κ1) is 25.9. The normalized spacial score (nSPS) is 18.2. The van der Waals surface area contributed by atoms with E-state index in [4.69, 9.17) is 4.74 Å². The zero-order valence-electron chi connectivity index (χ0n) is 19.6. The molecular weight excluding hydrogens is 524 g/mol. The summed E-state index contributed by atoms with van der Waals surface area (Å²) in [6.07, 6.45) is -5.71. The van der Waals surface area contributed by atoms with E-state index >= 15 is 0 Å². The molecule has 1 N–H and O–H groups in total. The van der Waals surface area contributed by atoms with E-state index in [2.05, 4.69) is 25.1 Å². The largest absolute Gasteiger partial charge is 0.423 e. The molecule has 38 heavy (non-hydrogen) atoms. The molecule has 1 saturated heterocycles. The lowest BCUT2D eigenvalue weighted by Crippen LogP contribution is -2.37. The summed E-state index contributed by atoms with van der Waals surface area (Å²) >= 11 is 0. The highest BCUT2D eigenvalue weighted by Gasteiger charge is 2.40. The average Bonchev–Trinajstić information content (AvgIpc) is 3.49. The summed E-state index contributed by atoms with van der Waals surface area (Å²) in [6.45, 7) is 1.44. The first-order valence-electron chi connectivity index (χ1n) is 11.6. The van der Waals surface area contributed by atoms with Gasteiger partial charge >= 0.3 is 12.4 Å². The van der Waals surface area contributed by atoms with E-state index in [0.717, 1.165) is 18.6 Å². The highest BCUT2D eigenvalue weighted by molar-refractivity contribution is 5.54. The van der Waals surface area contributed by atoms with Crippen molar-refractivity contribution < 1.29 is 31.1 Å². The Labute approximate surface area is 210 Å². The SMILES string of the molecule is O=c1[nH]ncc(N2CCC[C@H]2COCc2nc3n(n2)CCN(c2ncc(C(F)(F)F)cn2)C3)c1C(F)(F)F. The molecule has 2 aliphatic heterocycles. The predicted octanol–water partition coefficient (Wildman–Crippen LogP) is 2.39. The number of aromatic nitrogens is 7. The van der Waals surface area contributed by atoms with Crippen molar-refractivity contribution in [3.05, 3.63) is 51.7 Å². The van der Waals surface area contributed by atoms with Gasteiger partial charge in [0.2, 0.25) is 5.95 Å². The van der Waals surface area contributed by atoms with Crippen LogP contribution in [-0.2, 0) is 36.8 Å². The van der Waals surface area contributed by atoms with Gasteiger partial charge in [-0.2, -0.15) is 36.5 Å². The summed E-state index contributed by atoms with van der Waals surface area (Å²) in [5.41, 5.74) is -3.81. The van der Waals surface area contributed by atoms with Crippen LogP contribution in [0, 0.1) is 0 Å². The van der Waals surface area contributed by atoms with Crippen molar-refractivity contribution in [3.63, 3.8) is 0 Å². The van der Waals surface area contributed by atoms with Crippen LogP contribution in [0.15, 0.2) is 23.4 Å². The number of H-pyrrole nitrogens is 1. The second kappa shape index (κ2) is 9.85. The molecule has 0 radical (unpaired) electrons. The van der Waals surface area contributed by atoms with Gasteiger partial charge in [0.1, 0.15) is 18.0 Å². The van der Waals surface area contributed by atoms with Crippen LogP contribution < -0.4 is 15.4 Å². The van der Waals surface area contributed by atoms with Crippen molar-refractivity contribution in [2.24, 2.45) is 0 Å². The van der Waals surface area contributed by atoms with Gasteiger partial charge in [-0.25, -0.2) is 24.7 Å². The van der Waals surface area contributed by atoms with Crippen LogP contribution in [0.1, 0.15) is 35.6 Å². The highest BCUT2D eigenvalue weighted by Crippen LogP contribution is 2.36. The fourth-order valence-electron chi connectivity index (χ4n) is 4.54. The number of ether oxygens (including phenoxy) is 1. The number of hydrogen-bond donors (Lipinski definition) is 1. The van der Waals surface area contributed by atoms with Crippen LogP contribution in [-0.4, -0.2) is 60.7 Å². The van der Waals surface area contributed by atoms with Crippen LogP contribution in [0.5, 0.6) is 0 Å². The van der Waals surface area contributed by atoms with Gasteiger partial charge in [-0.15, -0.1) is 0 Å². The standard InChI is InChI=1S/C21H21F6N9O2/c22-20(23,24)12-6-28-19(29-7-12)34-4-5-36-16(9-34)31-15(33-36)11-38-10-13-2-1-3-35(13)14-8-30-32-18(37)17(14)21(25,26)27/h6-8,13H,1-5,9-11H2,(H,32,37)/t13-/m0/s1. The number of nitrogens with zero attached hydrogens (tertiary/aromatic N) is 8. The number of fused-ring (bicyclic) bond motifs is 1. The number of anilines is 2. The molecule has 0 unspecified atom stereocenters. The monoisotopic (exact) mass is 545 g/mol. The first-order valence-corrected chi connectivity index (χ1v) is 11.6. The Morgan fingerprint density at radius 3 is 2.50 bits per heavy atom. The maximum atomic E-state index is 13.5. The zero-order chi connectivity index (χ0) is 27.1. The molecule has 0 aliphatic carbocycles. The topological polar surface area (TPSA) is 118 Å². The molecule has 0 bridgehead atoms. The number of alkyl halides is 6. The minimum absolute atomic E-state index is 0.000864. The quantitative estimate of drug-likeness (QED) is 0.466. The third kappa shape index (κ3) is 5.27. The minimum Gasteiger partial charge on any atom is -0.371 e. The van der Waals surface area contributed by atoms with Crippen LogP contribution in [0.2, 0.25) is 0 Å². The fraction of sp³-hybridized carbons (Fsp3) is 0.524. The van der Waals surface area contributed by atoms with Crippen molar-refractivity contribution in [1.82, 2.24) is 34.9 Å². The molecule has 5 heterocycles. The Morgan fingerprint density at radius 2 is 1.79 bits per heavy atom. The summed E-state index contributed by atoms with van der Waals surface area (Å²) in [7, 11) is 0. The Bertz CT molecular complexity index is 1340. The summed E-state index contributed by atoms with van der Waals surface area (Å²) in [4.78, 5) is 27.0. The van der Waals surface area contributed by atoms with E-state index in [1.807, 2.05) is 5.10 Å². The van der Waals surface area contributed by atoms with E-state index < -0.39 is 35.1 Å². The van der Waals surface area contributed by atoms with Gasteiger partial charge in [0.05, 0.1) is 43.2 Å². The van der Waals surface area contributed by atoms with E-state index in [1.165, 1.54) is 4.90 Å².